The Morgan fingerprint density at radius 1 is 1.17 bits per heavy atom. The van der Waals surface area contributed by atoms with Gasteiger partial charge in [-0.3, -0.25) is 4.79 Å². The molecule has 0 unspecified atom stereocenters. The summed E-state index contributed by atoms with van der Waals surface area (Å²) in [7, 11) is 1.39. The third-order valence-electron chi connectivity index (χ3n) is 3.17. The number of aryl methyl sites for hydroxylation is 1. The average Bonchev–Trinajstić information content (AvgIpc) is 2.54. The molecule has 5 heteroatoms. The largest absolute Gasteiger partial charge is 0.496 e. The van der Waals surface area contributed by atoms with Gasteiger partial charge in [0, 0.05) is 5.56 Å². The summed E-state index contributed by atoms with van der Waals surface area (Å²) in [5, 5.41) is 0. The van der Waals surface area contributed by atoms with Gasteiger partial charge < -0.3 is 4.74 Å². The lowest BCUT2D eigenvalue weighted by Gasteiger charge is -2.08. The van der Waals surface area contributed by atoms with E-state index in [2.05, 4.69) is 0 Å². The molecule has 0 bridgehead atoms. The van der Waals surface area contributed by atoms with Crippen LogP contribution in [0.1, 0.15) is 21.5 Å². The number of ketones is 1. The lowest BCUT2D eigenvalue weighted by molar-refractivity contribution is 0.104. The molecule has 0 spiro atoms. The predicted molar refractivity (Wildman–Crippen MR) is 89.4 cm³/mol. The third-order valence-corrected chi connectivity index (χ3v) is 3.94. The lowest BCUT2D eigenvalue weighted by Crippen LogP contribution is -1.97. The third kappa shape index (κ3) is 4.93. The van der Waals surface area contributed by atoms with Crippen molar-refractivity contribution in [3.05, 3.63) is 65.2 Å². The van der Waals surface area contributed by atoms with Crippen molar-refractivity contribution in [3.63, 3.8) is 0 Å². The minimum atomic E-state index is -2.54. The van der Waals surface area contributed by atoms with Crippen LogP contribution in [0.5, 0.6) is 5.75 Å². The van der Waals surface area contributed by atoms with E-state index < -0.39 is 5.76 Å². The standard InChI is InChI=1S/C18H16F2O2S/c1-12-3-5-13(6-4-12)7-9-15(21)14-8-10-17(23-18(19)20)16(11-14)22-2/h3-11,18H,1-2H3. The van der Waals surface area contributed by atoms with Crippen LogP contribution in [0.4, 0.5) is 8.78 Å². The second kappa shape index (κ2) is 7.92. The summed E-state index contributed by atoms with van der Waals surface area (Å²) in [4.78, 5) is 12.5. The Morgan fingerprint density at radius 2 is 1.87 bits per heavy atom. The van der Waals surface area contributed by atoms with Gasteiger partial charge in [-0.2, -0.15) is 8.78 Å². The lowest BCUT2D eigenvalue weighted by atomic mass is 10.1. The van der Waals surface area contributed by atoms with Crippen molar-refractivity contribution in [2.75, 3.05) is 7.11 Å². The number of hydrogen-bond donors (Lipinski definition) is 0. The number of carbonyl (C=O) groups is 1. The monoisotopic (exact) mass is 334 g/mol. The van der Waals surface area contributed by atoms with Gasteiger partial charge in [-0.05, 0) is 36.8 Å². The maximum absolute atomic E-state index is 12.5. The normalized spacial score (nSPS) is 11.2. The maximum atomic E-state index is 12.5. The van der Waals surface area contributed by atoms with Crippen LogP contribution in [0, 0.1) is 6.92 Å². The number of rotatable bonds is 6. The highest BCUT2D eigenvalue weighted by atomic mass is 32.2. The smallest absolute Gasteiger partial charge is 0.289 e. The Morgan fingerprint density at radius 3 is 2.48 bits per heavy atom. The number of thioether (sulfide) groups is 1. The molecule has 2 aromatic carbocycles. The van der Waals surface area contributed by atoms with Crippen molar-refractivity contribution in [2.45, 2.75) is 17.6 Å². The van der Waals surface area contributed by atoms with Crippen LogP contribution in [0.15, 0.2) is 53.4 Å². The molecule has 0 aromatic heterocycles. The zero-order chi connectivity index (χ0) is 16.8. The molecule has 0 aliphatic rings. The molecule has 120 valence electrons. The highest BCUT2D eigenvalue weighted by Crippen LogP contribution is 2.34. The number of benzene rings is 2. The Hall–Kier alpha value is -2.14. The van der Waals surface area contributed by atoms with Crippen LogP contribution < -0.4 is 4.74 Å². The van der Waals surface area contributed by atoms with Gasteiger partial charge in [-0.15, -0.1) is 0 Å². The second-order valence-electron chi connectivity index (χ2n) is 4.85. The fraction of sp³-hybridized carbons (Fsp3) is 0.167. The molecule has 0 amide bonds. The molecule has 23 heavy (non-hydrogen) atoms. The van der Waals surface area contributed by atoms with Gasteiger partial charge in [-0.1, -0.05) is 47.7 Å². The zero-order valence-corrected chi connectivity index (χ0v) is 13.6. The van der Waals surface area contributed by atoms with Crippen molar-refractivity contribution in [1.29, 1.82) is 0 Å². The van der Waals surface area contributed by atoms with E-state index in [4.69, 9.17) is 4.74 Å². The fourth-order valence-corrected chi connectivity index (χ4v) is 2.56. The number of halogens is 2. The van der Waals surface area contributed by atoms with E-state index in [9.17, 15) is 13.6 Å². The molecule has 0 radical (unpaired) electrons. The van der Waals surface area contributed by atoms with Crippen LogP contribution in [0.2, 0.25) is 0 Å². The molecule has 0 aliphatic heterocycles. The summed E-state index contributed by atoms with van der Waals surface area (Å²) in [5.74, 6) is -2.48. The number of carbonyl (C=O) groups excluding carboxylic acids is 1. The highest BCUT2D eigenvalue weighted by molar-refractivity contribution is 7.99. The minimum Gasteiger partial charge on any atom is -0.496 e. The van der Waals surface area contributed by atoms with Gasteiger partial charge in [0.2, 0.25) is 0 Å². The number of methoxy groups -OCH3 is 1. The summed E-state index contributed by atoms with van der Waals surface area (Å²) >= 11 is 0.394. The Labute approximate surface area is 138 Å². The van der Waals surface area contributed by atoms with E-state index in [1.165, 1.54) is 31.4 Å². The first kappa shape index (κ1) is 17.2. The molecule has 0 saturated heterocycles. The molecular formula is C18H16F2O2S. The summed E-state index contributed by atoms with van der Waals surface area (Å²) in [6.07, 6.45) is 3.18. The number of ether oxygens (including phenoxy) is 1. The first-order chi connectivity index (χ1) is 11.0. The van der Waals surface area contributed by atoms with Crippen LogP contribution in [0.3, 0.4) is 0 Å². The topological polar surface area (TPSA) is 26.3 Å². The van der Waals surface area contributed by atoms with Gasteiger partial charge >= 0.3 is 0 Å². The van der Waals surface area contributed by atoms with E-state index in [1.807, 2.05) is 31.2 Å². The average molecular weight is 334 g/mol. The summed E-state index contributed by atoms with van der Waals surface area (Å²) in [6, 6.07) is 12.2. The molecule has 2 rings (SSSR count). The molecule has 0 fully saturated rings. The number of allylic oxidation sites excluding steroid dienone is 1. The van der Waals surface area contributed by atoms with Gasteiger partial charge in [0.1, 0.15) is 5.75 Å². The van der Waals surface area contributed by atoms with Crippen molar-refractivity contribution >= 4 is 23.6 Å². The molecule has 0 heterocycles. The first-order valence-electron chi connectivity index (χ1n) is 6.91. The molecule has 0 saturated carbocycles. The molecule has 0 aliphatic carbocycles. The molecule has 2 nitrogen and oxygen atoms in total. The quantitative estimate of drug-likeness (QED) is 0.412. The minimum absolute atomic E-state index is 0.211. The summed E-state index contributed by atoms with van der Waals surface area (Å²) in [5.41, 5.74) is 2.45. The van der Waals surface area contributed by atoms with E-state index in [-0.39, 0.29) is 11.5 Å². The van der Waals surface area contributed by atoms with Gasteiger partial charge in [0.25, 0.3) is 5.76 Å². The maximum Gasteiger partial charge on any atom is 0.289 e. The van der Waals surface area contributed by atoms with E-state index in [0.717, 1.165) is 11.1 Å². The van der Waals surface area contributed by atoms with Crippen molar-refractivity contribution in [2.24, 2.45) is 0 Å². The van der Waals surface area contributed by atoms with Crippen LogP contribution in [-0.2, 0) is 0 Å². The summed E-state index contributed by atoms with van der Waals surface area (Å²) in [6.45, 7) is 1.99. The second-order valence-corrected chi connectivity index (χ2v) is 5.88. The van der Waals surface area contributed by atoms with Crippen LogP contribution in [0.25, 0.3) is 6.08 Å². The predicted octanol–water partition coefficient (Wildman–Crippen LogP) is 5.21. The highest BCUT2D eigenvalue weighted by Gasteiger charge is 2.13. The van der Waals surface area contributed by atoms with Crippen molar-refractivity contribution in [3.8, 4) is 5.75 Å². The van der Waals surface area contributed by atoms with Crippen LogP contribution in [-0.4, -0.2) is 18.7 Å². The van der Waals surface area contributed by atoms with E-state index in [1.54, 1.807) is 6.08 Å². The first-order valence-corrected chi connectivity index (χ1v) is 7.79. The van der Waals surface area contributed by atoms with Gasteiger partial charge in [0.15, 0.2) is 5.78 Å². The fourth-order valence-electron chi connectivity index (χ4n) is 1.96. The van der Waals surface area contributed by atoms with Crippen molar-refractivity contribution < 1.29 is 18.3 Å². The number of hydrogen-bond acceptors (Lipinski definition) is 3. The van der Waals surface area contributed by atoms with Gasteiger partial charge in [0.05, 0.1) is 12.0 Å². The van der Waals surface area contributed by atoms with Crippen molar-refractivity contribution in [1.82, 2.24) is 0 Å². The summed E-state index contributed by atoms with van der Waals surface area (Å²) < 4.78 is 30.0. The van der Waals surface area contributed by atoms with Crippen LogP contribution >= 0.6 is 11.8 Å². The van der Waals surface area contributed by atoms with E-state index in [0.29, 0.717) is 22.2 Å². The molecule has 0 N–H and O–H groups in total. The Kier molecular flexibility index (Phi) is 5.93. The number of alkyl halides is 2. The molecule has 0 atom stereocenters. The molecular weight excluding hydrogens is 318 g/mol. The zero-order valence-electron chi connectivity index (χ0n) is 12.8. The van der Waals surface area contributed by atoms with E-state index >= 15 is 0 Å². The SMILES string of the molecule is COc1cc(C(=O)C=Cc2ccc(C)cc2)ccc1SC(F)F. The Bertz CT molecular complexity index is 709. The van der Waals surface area contributed by atoms with Gasteiger partial charge in [-0.25, -0.2) is 0 Å². The molecule has 2 aromatic rings. The Balaban J connectivity index is 2.17.